The number of aryl methyl sites for hydroxylation is 1. The average molecular weight is 212 g/mol. The molecule has 0 unspecified atom stereocenters. The van der Waals surface area contributed by atoms with E-state index in [1.165, 1.54) is 6.92 Å². The van der Waals surface area contributed by atoms with E-state index in [0.717, 1.165) is 6.20 Å². The summed E-state index contributed by atoms with van der Waals surface area (Å²) in [7, 11) is 0. The normalized spacial score (nSPS) is 13.0. The fourth-order valence-corrected chi connectivity index (χ4v) is 0.776. The number of halogens is 5. The van der Waals surface area contributed by atoms with Crippen LogP contribution in [0.1, 0.15) is 11.5 Å². The molecule has 0 aliphatic rings. The van der Waals surface area contributed by atoms with Gasteiger partial charge in [-0.1, -0.05) is 0 Å². The molecule has 7 heteroatoms. The lowest BCUT2D eigenvalue weighted by molar-refractivity contribution is -0.291. The molecule has 0 saturated heterocycles. The molecule has 2 nitrogen and oxygen atoms in total. The molecule has 0 fully saturated rings. The van der Waals surface area contributed by atoms with Crippen molar-refractivity contribution in [2.24, 2.45) is 0 Å². The molecule has 1 aromatic heterocycles. The van der Waals surface area contributed by atoms with Crippen LogP contribution in [0, 0.1) is 6.92 Å². The zero-order chi connectivity index (χ0) is 11.0. The minimum atomic E-state index is -5.63. The van der Waals surface area contributed by atoms with Crippen molar-refractivity contribution in [2.75, 3.05) is 0 Å². The number of hydrogen-bond acceptors (Lipinski definition) is 2. The molecule has 1 aromatic rings. The molecule has 0 amide bonds. The molecule has 0 aliphatic heterocycles. The van der Waals surface area contributed by atoms with Crippen LogP contribution in [0.3, 0.4) is 0 Å². The second-order valence-corrected chi connectivity index (χ2v) is 2.56. The van der Waals surface area contributed by atoms with Gasteiger partial charge in [-0.25, -0.2) is 9.97 Å². The maximum atomic E-state index is 12.6. The lowest BCUT2D eigenvalue weighted by Crippen LogP contribution is -2.34. The van der Waals surface area contributed by atoms with E-state index in [9.17, 15) is 22.0 Å². The third-order valence-corrected chi connectivity index (χ3v) is 1.45. The number of hydrogen-bond donors (Lipinski definition) is 0. The quantitative estimate of drug-likeness (QED) is 0.668. The molecular formula is C7H5F5N2. The Morgan fingerprint density at radius 1 is 1.14 bits per heavy atom. The third-order valence-electron chi connectivity index (χ3n) is 1.45. The van der Waals surface area contributed by atoms with E-state index < -0.39 is 17.8 Å². The van der Waals surface area contributed by atoms with Crippen LogP contribution in [0.25, 0.3) is 0 Å². The van der Waals surface area contributed by atoms with E-state index in [1.807, 2.05) is 0 Å². The molecule has 0 aliphatic carbocycles. The number of aromatic nitrogens is 2. The molecule has 14 heavy (non-hydrogen) atoms. The smallest absolute Gasteiger partial charge is 0.242 e. The van der Waals surface area contributed by atoms with E-state index in [2.05, 4.69) is 9.97 Å². The summed E-state index contributed by atoms with van der Waals surface area (Å²) in [6.45, 7) is 1.23. The van der Waals surface area contributed by atoms with Crippen molar-refractivity contribution in [2.45, 2.75) is 19.0 Å². The summed E-state index contributed by atoms with van der Waals surface area (Å²) in [4.78, 5) is 6.45. The van der Waals surface area contributed by atoms with E-state index in [0.29, 0.717) is 6.07 Å². The monoisotopic (exact) mass is 212 g/mol. The van der Waals surface area contributed by atoms with Crippen molar-refractivity contribution in [3.63, 3.8) is 0 Å². The molecule has 0 radical (unpaired) electrons. The summed E-state index contributed by atoms with van der Waals surface area (Å²) in [6, 6.07) is 0.542. The second kappa shape index (κ2) is 3.14. The molecular weight excluding hydrogens is 207 g/mol. The van der Waals surface area contributed by atoms with Gasteiger partial charge in [0.25, 0.3) is 0 Å². The average Bonchev–Trinajstić information content (AvgIpc) is 2.02. The van der Waals surface area contributed by atoms with E-state index in [1.54, 1.807) is 0 Å². The molecule has 0 saturated carbocycles. The highest BCUT2D eigenvalue weighted by Gasteiger charge is 2.59. The predicted octanol–water partition coefficient (Wildman–Crippen LogP) is 2.44. The van der Waals surface area contributed by atoms with Crippen LogP contribution in [-0.4, -0.2) is 16.1 Å². The molecule has 1 rings (SSSR count). The Kier molecular flexibility index (Phi) is 2.43. The Morgan fingerprint density at radius 2 is 1.71 bits per heavy atom. The summed E-state index contributed by atoms with van der Waals surface area (Å²) < 4.78 is 60.8. The molecule has 1 heterocycles. The van der Waals surface area contributed by atoms with Crippen molar-refractivity contribution < 1.29 is 22.0 Å². The van der Waals surface area contributed by atoms with E-state index in [-0.39, 0.29) is 5.82 Å². The van der Waals surface area contributed by atoms with Gasteiger partial charge in [0.2, 0.25) is 0 Å². The largest absolute Gasteiger partial charge is 0.459 e. The zero-order valence-corrected chi connectivity index (χ0v) is 6.94. The van der Waals surface area contributed by atoms with Crippen LogP contribution in [0.4, 0.5) is 22.0 Å². The molecule has 0 atom stereocenters. The number of nitrogens with zero attached hydrogens (tertiary/aromatic N) is 2. The molecule has 0 bridgehead atoms. The van der Waals surface area contributed by atoms with Crippen LogP contribution < -0.4 is 0 Å². The van der Waals surface area contributed by atoms with Crippen molar-refractivity contribution in [1.82, 2.24) is 9.97 Å². The highest BCUT2D eigenvalue weighted by Crippen LogP contribution is 2.42. The van der Waals surface area contributed by atoms with Crippen LogP contribution in [-0.2, 0) is 5.92 Å². The lowest BCUT2D eigenvalue weighted by atomic mass is 10.2. The summed E-state index contributed by atoms with van der Waals surface area (Å²) in [6.07, 6.45) is -4.77. The lowest BCUT2D eigenvalue weighted by Gasteiger charge is -2.18. The highest BCUT2D eigenvalue weighted by molar-refractivity contribution is 5.10. The van der Waals surface area contributed by atoms with Crippen molar-refractivity contribution in [1.29, 1.82) is 0 Å². The Hall–Kier alpha value is -1.27. The Balaban J connectivity index is 3.16. The zero-order valence-electron chi connectivity index (χ0n) is 6.94. The maximum absolute atomic E-state index is 12.6. The van der Waals surface area contributed by atoms with Gasteiger partial charge in [0.15, 0.2) is 0 Å². The van der Waals surface area contributed by atoms with Crippen LogP contribution >= 0.6 is 0 Å². The summed E-state index contributed by atoms with van der Waals surface area (Å²) in [5.74, 6) is -5.06. The van der Waals surface area contributed by atoms with Gasteiger partial charge in [-0.2, -0.15) is 22.0 Å². The van der Waals surface area contributed by atoms with Crippen molar-refractivity contribution in [3.8, 4) is 0 Å². The molecule has 0 aromatic carbocycles. The predicted molar refractivity (Wildman–Crippen MR) is 36.7 cm³/mol. The third kappa shape index (κ3) is 1.80. The SMILES string of the molecule is Cc1nccc(C(F)(F)C(F)(F)F)n1. The van der Waals surface area contributed by atoms with E-state index in [4.69, 9.17) is 0 Å². The number of rotatable bonds is 1. The second-order valence-electron chi connectivity index (χ2n) is 2.56. The first-order valence-corrected chi connectivity index (χ1v) is 3.50. The van der Waals surface area contributed by atoms with Crippen LogP contribution in [0.15, 0.2) is 12.3 Å². The Bertz CT molecular complexity index is 333. The molecule has 78 valence electrons. The fourth-order valence-electron chi connectivity index (χ4n) is 0.776. The minimum absolute atomic E-state index is 0.133. The molecule has 0 N–H and O–H groups in total. The van der Waals surface area contributed by atoms with Crippen molar-refractivity contribution in [3.05, 3.63) is 23.8 Å². The van der Waals surface area contributed by atoms with Gasteiger partial charge in [0.1, 0.15) is 11.5 Å². The van der Waals surface area contributed by atoms with Crippen LogP contribution in [0.2, 0.25) is 0 Å². The first kappa shape index (κ1) is 10.8. The Labute approximate surface area is 75.8 Å². The summed E-state index contributed by atoms with van der Waals surface area (Å²) >= 11 is 0. The van der Waals surface area contributed by atoms with Crippen LogP contribution in [0.5, 0.6) is 0 Å². The minimum Gasteiger partial charge on any atom is -0.242 e. The topological polar surface area (TPSA) is 25.8 Å². The van der Waals surface area contributed by atoms with Gasteiger partial charge in [-0.05, 0) is 13.0 Å². The van der Waals surface area contributed by atoms with Gasteiger partial charge >= 0.3 is 12.1 Å². The number of alkyl halides is 5. The van der Waals surface area contributed by atoms with E-state index >= 15 is 0 Å². The Morgan fingerprint density at radius 3 is 2.14 bits per heavy atom. The van der Waals surface area contributed by atoms with Crippen molar-refractivity contribution >= 4 is 0 Å². The first-order chi connectivity index (χ1) is 6.25. The fraction of sp³-hybridized carbons (Fsp3) is 0.429. The van der Waals surface area contributed by atoms with Gasteiger partial charge in [-0.15, -0.1) is 0 Å². The summed E-state index contributed by atoms with van der Waals surface area (Å²) in [5, 5.41) is 0. The first-order valence-electron chi connectivity index (χ1n) is 3.50. The van der Waals surface area contributed by atoms with Gasteiger partial charge in [0, 0.05) is 6.20 Å². The van der Waals surface area contributed by atoms with Gasteiger partial charge in [0.05, 0.1) is 0 Å². The highest BCUT2D eigenvalue weighted by atomic mass is 19.4. The van der Waals surface area contributed by atoms with Gasteiger partial charge in [-0.3, -0.25) is 0 Å². The van der Waals surface area contributed by atoms with Gasteiger partial charge < -0.3 is 0 Å². The maximum Gasteiger partial charge on any atom is 0.459 e. The summed E-state index contributed by atoms with van der Waals surface area (Å²) in [5.41, 5.74) is -1.34. The standard InChI is InChI=1S/C7H5F5N2/c1-4-13-3-2-5(14-4)6(8,9)7(10,11)12/h2-3H,1H3. The molecule has 0 spiro atoms.